The minimum Gasteiger partial charge on any atom is -0.459 e. The number of hydrogen-bond donors (Lipinski definition) is 1. The van der Waals surface area contributed by atoms with Crippen molar-refractivity contribution in [2.24, 2.45) is 0 Å². The summed E-state index contributed by atoms with van der Waals surface area (Å²) >= 11 is 0. The molecule has 1 aliphatic rings. The number of nitrogens with zero attached hydrogens (tertiary/aromatic N) is 1. The third kappa shape index (κ3) is 2.54. The van der Waals surface area contributed by atoms with Crippen LogP contribution < -0.4 is 5.32 Å². The van der Waals surface area contributed by atoms with E-state index in [-0.39, 0.29) is 24.6 Å². The van der Waals surface area contributed by atoms with Gasteiger partial charge in [0.15, 0.2) is 6.29 Å². The predicted molar refractivity (Wildman–Crippen MR) is 62.1 cm³/mol. The summed E-state index contributed by atoms with van der Waals surface area (Å²) < 4.78 is 6.28. The van der Waals surface area contributed by atoms with E-state index in [0.717, 1.165) is 0 Å². The fourth-order valence-corrected chi connectivity index (χ4v) is 2.03. The average Bonchev–Trinajstić information content (AvgIpc) is 2.89. The minimum absolute atomic E-state index is 0.0264. The maximum absolute atomic E-state index is 11.7. The molecule has 0 aromatic carbocycles. The van der Waals surface area contributed by atoms with E-state index < -0.39 is 17.9 Å². The van der Waals surface area contributed by atoms with Crippen molar-refractivity contribution in [2.75, 3.05) is 0 Å². The molecule has 1 aliphatic heterocycles. The molecule has 0 spiro atoms. The molecule has 2 heterocycles. The van der Waals surface area contributed by atoms with Crippen LogP contribution in [-0.2, 0) is 25.7 Å². The summed E-state index contributed by atoms with van der Waals surface area (Å²) in [5, 5.41) is 2.18. The van der Waals surface area contributed by atoms with Crippen LogP contribution >= 0.6 is 0 Å². The van der Waals surface area contributed by atoms with Crippen molar-refractivity contribution >= 4 is 24.1 Å². The molecule has 2 amide bonds. The molecule has 7 nitrogen and oxygen atoms in total. The zero-order valence-corrected chi connectivity index (χ0v) is 10.2. The van der Waals surface area contributed by atoms with Gasteiger partial charge >= 0.3 is 5.97 Å². The summed E-state index contributed by atoms with van der Waals surface area (Å²) in [5.74, 6) is -1.32. The van der Waals surface area contributed by atoms with Gasteiger partial charge in [-0.15, -0.1) is 0 Å². The molecule has 1 N–H and O–H groups in total. The number of rotatable bonds is 4. The number of esters is 1. The highest BCUT2D eigenvalue weighted by Crippen LogP contribution is 2.23. The van der Waals surface area contributed by atoms with Crippen molar-refractivity contribution in [1.82, 2.24) is 9.88 Å². The second-order valence-electron chi connectivity index (χ2n) is 4.15. The number of carbonyl (C=O) groups is 4. The summed E-state index contributed by atoms with van der Waals surface area (Å²) in [6.07, 6.45) is 0.564. The van der Waals surface area contributed by atoms with Gasteiger partial charge in [0, 0.05) is 6.92 Å². The predicted octanol–water partition coefficient (Wildman–Crippen LogP) is -0.0487. The van der Waals surface area contributed by atoms with Crippen LogP contribution in [0.5, 0.6) is 0 Å². The van der Waals surface area contributed by atoms with Gasteiger partial charge in [-0.25, -0.2) is 0 Å². The summed E-state index contributed by atoms with van der Waals surface area (Å²) in [5.41, 5.74) is 0.754. The molecular weight excluding hydrogens is 252 g/mol. The third-order valence-corrected chi connectivity index (χ3v) is 2.83. The van der Waals surface area contributed by atoms with E-state index in [0.29, 0.717) is 12.0 Å². The first-order chi connectivity index (χ1) is 9.02. The number of amides is 2. The Morgan fingerprint density at radius 1 is 1.53 bits per heavy atom. The third-order valence-electron chi connectivity index (χ3n) is 2.83. The largest absolute Gasteiger partial charge is 0.459 e. The molecule has 0 aliphatic carbocycles. The first-order valence-electron chi connectivity index (χ1n) is 5.65. The van der Waals surface area contributed by atoms with E-state index in [2.05, 4.69) is 5.32 Å². The lowest BCUT2D eigenvalue weighted by Gasteiger charge is -2.15. The Bertz CT molecular complexity index is 560. The lowest BCUT2D eigenvalue weighted by Crippen LogP contribution is -2.25. The van der Waals surface area contributed by atoms with Gasteiger partial charge in [0.05, 0.1) is 17.8 Å². The monoisotopic (exact) mass is 264 g/mol. The van der Waals surface area contributed by atoms with Gasteiger partial charge in [0.25, 0.3) is 0 Å². The molecule has 1 fully saturated rings. The molecule has 0 bridgehead atoms. The number of aromatic nitrogens is 1. The minimum atomic E-state index is -0.770. The Hall–Kier alpha value is -2.44. The van der Waals surface area contributed by atoms with Crippen LogP contribution in [-0.4, -0.2) is 28.6 Å². The Morgan fingerprint density at radius 3 is 2.79 bits per heavy atom. The molecule has 7 heteroatoms. The van der Waals surface area contributed by atoms with E-state index in [1.165, 1.54) is 17.6 Å². The highest BCUT2D eigenvalue weighted by Gasteiger charge is 2.34. The number of imide groups is 1. The Kier molecular flexibility index (Phi) is 3.46. The molecule has 100 valence electrons. The van der Waals surface area contributed by atoms with Crippen molar-refractivity contribution in [2.45, 2.75) is 26.0 Å². The van der Waals surface area contributed by atoms with E-state index in [9.17, 15) is 19.2 Å². The van der Waals surface area contributed by atoms with Crippen LogP contribution in [0, 0.1) is 0 Å². The summed E-state index contributed by atoms with van der Waals surface area (Å²) in [6.45, 7) is 1.21. The number of nitrogens with one attached hydrogen (secondary N) is 1. The lowest BCUT2D eigenvalue weighted by molar-refractivity contribution is -0.142. The van der Waals surface area contributed by atoms with Gasteiger partial charge in [-0.1, -0.05) is 0 Å². The number of ether oxygens (including phenoxy) is 1. The topological polar surface area (TPSA) is 94.5 Å². The Morgan fingerprint density at radius 2 is 2.26 bits per heavy atom. The van der Waals surface area contributed by atoms with Gasteiger partial charge < -0.3 is 9.30 Å². The number of hydrogen-bond acceptors (Lipinski definition) is 5. The molecule has 1 aromatic rings. The van der Waals surface area contributed by atoms with Crippen LogP contribution in [0.25, 0.3) is 0 Å². The maximum Gasteiger partial charge on any atom is 0.303 e. The van der Waals surface area contributed by atoms with E-state index in [1.54, 1.807) is 6.07 Å². The quantitative estimate of drug-likeness (QED) is 0.467. The summed E-state index contributed by atoms with van der Waals surface area (Å²) in [4.78, 5) is 44.7. The summed E-state index contributed by atoms with van der Waals surface area (Å²) in [7, 11) is 0. The fraction of sp³-hybridized carbons (Fsp3) is 0.333. The van der Waals surface area contributed by atoms with Gasteiger partial charge in [-0.3, -0.25) is 24.5 Å². The smallest absolute Gasteiger partial charge is 0.303 e. The van der Waals surface area contributed by atoms with E-state index in [4.69, 9.17) is 4.74 Å². The number of carbonyl (C=O) groups excluding carboxylic acids is 4. The second-order valence-corrected chi connectivity index (χ2v) is 4.15. The molecule has 0 saturated carbocycles. The maximum atomic E-state index is 11.7. The van der Waals surface area contributed by atoms with Crippen LogP contribution in [0.15, 0.2) is 12.1 Å². The molecule has 1 aromatic heterocycles. The van der Waals surface area contributed by atoms with Crippen molar-refractivity contribution in [3.8, 4) is 0 Å². The molecular formula is C12H12N2O5. The normalized spacial score (nSPS) is 18.3. The van der Waals surface area contributed by atoms with Crippen LogP contribution in [0.3, 0.4) is 0 Å². The molecule has 2 rings (SSSR count). The molecule has 1 atom stereocenters. The van der Waals surface area contributed by atoms with Crippen molar-refractivity contribution in [3.63, 3.8) is 0 Å². The highest BCUT2D eigenvalue weighted by atomic mass is 16.5. The molecule has 19 heavy (non-hydrogen) atoms. The first-order valence-corrected chi connectivity index (χ1v) is 5.65. The van der Waals surface area contributed by atoms with Crippen molar-refractivity contribution in [1.29, 1.82) is 0 Å². The van der Waals surface area contributed by atoms with Crippen molar-refractivity contribution < 1.29 is 23.9 Å². The zero-order valence-electron chi connectivity index (χ0n) is 10.2. The Labute approximate surface area is 108 Å². The van der Waals surface area contributed by atoms with Gasteiger partial charge in [0.2, 0.25) is 11.8 Å². The molecule has 1 saturated heterocycles. The lowest BCUT2D eigenvalue weighted by atomic mass is 10.2. The van der Waals surface area contributed by atoms with Crippen LogP contribution in [0.1, 0.15) is 35.6 Å². The van der Waals surface area contributed by atoms with Gasteiger partial charge in [-0.2, -0.15) is 0 Å². The second kappa shape index (κ2) is 5.05. The zero-order chi connectivity index (χ0) is 14.0. The van der Waals surface area contributed by atoms with Crippen LogP contribution in [0.4, 0.5) is 0 Å². The molecule has 1 unspecified atom stereocenters. The standard InChI is InChI=1S/C12H12N2O5/c1-7(16)19-6-9-3-2-8(5-15)14(9)10-4-11(17)13-12(10)18/h2-3,5,10H,4,6H2,1H3,(H,13,17,18). The van der Waals surface area contributed by atoms with E-state index >= 15 is 0 Å². The number of aldehydes is 1. The van der Waals surface area contributed by atoms with Gasteiger partial charge in [-0.05, 0) is 12.1 Å². The molecule has 0 radical (unpaired) electrons. The average molecular weight is 264 g/mol. The SMILES string of the molecule is CC(=O)OCc1ccc(C=O)n1C1CC(=O)NC1=O. The fourth-order valence-electron chi connectivity index (χ4n) is 2.03. The highest BCUT2D eigenvalue weighted by molar-refractivity contribution is 6.04. The summed E-state index contributed by atoms with van der Waals surface area (Å²) in [6, 6.07) is 2.33. The Balaban J connectivity index is 2.33. The van der Waals surface area contributed by atoms with Crippen molar-refractivity contribution in [3.05, 3.63) is 23.5 Å². The first kappa shape index (κ1) is 13.0. The van der Waals surface area contributed by atoms with E-state index in [1.807, 2.05) is 0 Å². The van der Waals surface area contributed by atoms with Gasteiger partial charge in [0.1, 0.15) is 12.6 Å². The van der Waals surface area contributed by atoms with Crippen LogP contribution in [0.2, 0.25) is 0 Å².